The zero-order chi connectivity index (χ0) is 21.5. The first-order chi connectivity index (χ1) is 14.6. The maximum absolute atomic E-state index is 12.3. The SMILES string of the molecule is CCCCNC(=O)/C=C(\C)c1cc2c(-c3cccc(OC)c3)coc2cc1OCC. The fraction of sp³-hybridized carbons (Fsp3) is 0.320. The van der Waals surface area contributed by atoms with Gasteiger partial charge in [0.05, 0.1) is 20.0 Å². The second-order valence-electron chi connectivity index (χ2n) is 7.13. The molecule has 0 aliphatic heterocycles. The van der Waals surface area contributed by atoms with Gasteiger partial charge < -0.3 is 19.2 Å². The van der Waals surface area contributed by atoms with Crippen LogP contribution in [-0.2, 0) is 4.79 Å². The van der Waals surface area contributed by atoms with Gasteiger partial charge in [-0.05, 0) is 49.6 Å². The highest BCUT2D eigenvalue weighted by Crippen LogP contribution is 2.38. The molecule has 0 spiro atoms. The van der Waals surface area contributed by atoms with Crippen LogP contribution in [0.3, 0.4) is 0 Å². The van der Waals surface area contributed by atoms with Crippen LogP contribution in [0.4, 0.5) is 0 Å². The minimum Gasteiger partial charge on any atom is -0.497 e. The van der Waals surface area contributed by atoms with Gasteiger partial charge in [0.25, 0.3) is 0 Å². The zero-order valence-corrected chi connectivity index (χ0v) is 18.1. The average Bonchev–Trinajstić information content (AvgIpc) is 3.16. The molecule has 1 heterocycles. The molecule has 5 nitrogen and oxygen atoms in total. The Labute approximate surface area is 177 Å². The van der Waals surface area contributed by atoms with Crippen molar-refractivity contribution in [1.29, 1.82) is 0 Å². The second kappa shape index (κ2) is 10.0. The summed E-state index contributed by atoms with van der Waals surface area (Å²) >= 11 is 0. The van der Waals surface area contributed by atoms with Crippen molar-refractivity contribution in [3.8, 4) is 22.6 Å². The van der Waals surface area contributed by atoms with Crippen LogP contribution >= 0.6 is 0 Å². The molecule has 1 amide bonds. The van der Waals surface area contributed by atoms with Crippen LogP contribution < -0.4 is 14.8 Å². The number of allylic oxidation sites excluding steroid dienone is 1. The molecule has 0 bridgehead atoms. The number of amides is 1. The lowest BCUT2D eigenvalue weighted by Gasteiger charge is -2.12. The second-order valence-corrected chi connectivity index (χ2v) is 7.13. The van der Waals surface area contributed by atoms with E-state index in [0.717, 1.165) is 51.8 Å². The van der Waals surface area contributed by atoms with Crippen molar-refractivity contribution in [2.24, 2.45) is 0 Å². The third-order valence-corrected chi connectivity index (χ3v) is 4.96. The molecule has 1 N–H and O–H groups in total. The summed E-state index contributed by atoms with van der Waals surface area (Å²) in [6.45, 7) is 7.17. The number of carbonyl (C=O) groups excluding carboxylic acids is 1. The molecule has 158 valence electrons. The molecule has 30 heavy (non-hydrogen) atoms. The quantitative estimate of drug-likeness (QED) is 0.358. The van der Waals surface area contributed by atoms with Gasteiger partial charge in [-0.2, -0.15) is 0 Å². The number of hydrogen-bond acceptors (Lipinski definition) is 4. The van der Waals surface area contributed by atoms with Crippen LogP contribution in [0.25, 0.3) is 27.7 Å². The summed E-state index contributed by atoms with van der Waals surface area (Å²) < 4.78 is 17.0. The Morgan fingerprint density at radius 1 is 1.20 bits per heavy atom. The Hall–Kier alpha value is -3.21. The number of ether oxygens (including phenoxy) is 2. The molecule has 0 radical (unpaired) electrons. The van der Waals surface area contributed by atoms with Crippen LogP contribution in [0.5, 0.6) is 11.5 Å². The summed E-state index contributed by atoms with van der Waals surface area (Å²) in [5.41, 5.74) is 4.42. The normalized spacial score (nSPS) is 11.5. The highest BCUT2D eigenvalue weighted by atomic mass is 16.5. The van der Waals surface area contributed by atoms with Crippen LogP contribution in [0.2, 0.25) is 0 Å². The van der Waals surface area contributed by atoms with Gasteiger partial charge in [0.2, 0.25) is 5.91 Å². The molecule has 3 rings (SSSR count). The molecule has 0 unspecified atom stereocenters. The monoisotopic (exact) mass is 407 g/mol. The Bertz CT molecular complexity index is 1050. The average molecular weight is 408 g/mol. The molecule has 2 aromatic carbocycles. The number of nitrogens with one attached hydrogen (secondary N) is 1. The van der Waals surface area contributed by atoms with Crippen molar-refractivity contribution in [2.45, 2.75) is 33.6 Å². The molecule has 0 saturated carbocycles. The van der Waals surface area contributed by atoms with Crippen molar-refractivity contribution < 1.29 is 18.7 Å². The number of furan rings is 1. The van der Waals surface area contributed by atoms with Gasteiger partial charge in [-0.1, -0.05) is 25.5 Å². The third kappa shape index (κ3) is 4.85. The van der Waals surface area contributed by atoms with Crippen molar-refractivity contribution in [3.63, 3.8) is 0 Å². The molecule has 0 saturated heterocycles. The molecule has 0 aliphatic rings. The molecule has 3 aromatic rings. The maximum Gasteiger partial charge on any atom is 0.244 e. The van der Waals surface area contributed by atoms with Gasteiger partial charge in [-0.25, -0.2) is 0 Å². The number of unbranched alkanes of at least 4 members (excludes halogenated alkanes) is 1. The Morgan fingerprint density at radius 2 is 2.03 bits per heavy atom. The highest BCUT2D eigenvalue weighted by Gasteiger charge is 2.15. The van der Waals surface area contributed by atoms with E-state index in [9.17, 15) is 4.79 Å². The topological polar surface area (TPSA) is 60.7 Å². The van der Waals surface area contributed by atoms with Crippen molar-refractivity contribution >= 4 is 22.4 Å². The van der Waals surface area contributed by atoms with Crippen LogP contribution in [-0.4, -0.2) is 26.2 Å². The fourth-order valence-corrected chi connectivity index (χ4v) is 3.37. The van der Waals surface area contributed by atoms with Crippen molar-refractivity contribution in [1.82, 2.24) is 5.32 Å². The van der Waals surface area contributed by atoms with Gasteiger partial charge in [0, 0.05) is 35.2 Å². The van der Waals surface area contributed by atoms with Gasteiger partial charge in [-0.15, -0.1) is 0 Å². The van der Waals surface area contributed by atoms with E-state index in [2.05, 4.69) is 12.2 Å². The number of hydrogen-bond donors (Lipinski definition) is 1. The van der Waals surface area contributed by atoms with Gasteiger partial charge in [0.15, 0.2) is 0 Å². The van der Waals surface area contributed by atoms with Gasteiger partial charge >= 0.3 is 0 Å². The Balaban J connectivity index is 2.04. The van der Waals surface area contributed by atoms with E-state index in [0.29, 0.717) is 18.9 Å². The summed E-state index contributed by atoms with van der Waals surface area (Å²) in [4.78, 5) is 12.3. The zero-order valence-electron chi connectivity index (χ0n) is 18.1. The summed E-state index contributed by atoms with van der Waals surface area (Å²) in [7, 11) is 1.65. The number of rotatable bonds is 9. The maximum atomic E-state index is 12.3. The smallest absolute Gasteiger partial charge is 0.244 e. The predicted molar refractivity (Wildman–Crippen MR) is 121 cm³/mol. The number of carbonyl (C=O) groups is 1. The van der Waals surface area contributed by atoms with E-state index in [4.69, 9.17) is 13.9 Å². The Kier molecular flexibility index (Phi) is 7.17. The molecular formula is C25H29NO4. The summed E-state index contributed by atoms with van der Waals surface area (Å²) in [6, 6.07) is 11.8. The van der Waals surface area contributed by atoms with E-state index in [1.54, 1.807) is 19.4 Å². The lowest BCUT2D eigenvalue weighted by Crippen LogP contribution is -2.22. The highest BCUT2D eigenvalue weighted by molar-refractivity contribution is 6.00. The molecule has 5 heteroatoms. The van der Waals surface area contributed by atoms with E-state index in [1.165, 1.54) is 0 Å². The molecule has 1 aromatic heterocycles. The molecule has 0 aliphatic carbocycles. The molecular weight excluding hydrogens is 378 g/mol. The molecule has 0 fully saturated rings. The third-order valence-electron chi connectivity index (χ3n) is 4.96. The first kappa shape index (κ1) is 21.5. The molecule has 0 atom stereocenters. The van der Waals surface area contributed by atoms with Gasteiger partial charge in [-0.3, -0.25) is 4.79 Å². The lowest BCUT2D eigenvalue weighted by atomic mass is 9.99. The van der Waals surface area contributed by atoms with E-state index >= 15 is 0 Å². The van der Waals surface area contributed by atoms with E-state index in [1.807, 2.05) is 50.2 Å². The predicted octanol–water partition coefficient (Wildman–Crippen LogP) is 5.83. The summed E-state index contributed by atoms with van der Waals surface area (Å²) in [6.07, 6.45) is 5.38. The number of benzene rings is 2. The van der Waals surface area contributed by atoms with Crippen molar-refractivity contribution in [3.05, 3.63) is 54.3 Å². The standard InChI is InChI=1S/C25H29NO4/c1-5-7-11-26-25(27)12-17(3)20-14-21-22(18-9-8-10-19(13-18)28-4)16-30-24(21)15-23(20)29-6-2/h8-10,12-16H,5-7,11H2,1-4H3,(H,26,27)/b17-12+. The summed E-state index contributed by atoms with van der Waals surface area (Å²) in [5, 5.41) is 3.89. The first-order valence-corrected chi connectivity index (χ1v) is 10.4. The minimum absolute atomic E-state index is 0.0938. The van der Waals surface area contributed by atoms with Crippen LogP contribution in [0.15, 0.2) is 53.2 Å². The Morgan fingerprint density at radius 3 is 2.77 bits per heavy atom. The number of fused-ring (bicyclic) bond motifs is 1. The van der Waals surface area contributed by atoms with Gasteiger partial charge in [0.1, 0.15) is 17.1 Å². The minimum atomic E-state index is -0.0938. The van der Waals surface area contributed by atoms with Crippen LogP contribution in [0.1, 0.15) is 39.2 Å². The van der Waals surface area contributed by atoms with Crippen LogP contribution in [0, 0.1) is 0 Å². The summed E-state index contributed by atoms with van der Waals surface area (Å²) in [5.74, 6) is 1.39. The largest absolute Gasteiger partial charge is 0.497 e. The van der Waals surface area contributed by atoms with E-state index in [-0.39, 0.29) is 5.91 Å². The lowest BCUT2D eigenvalue weighted by molar-refractivity contribution is -0.116. The first-order valence-electron chi connectivity index (χ1n) is 10.4. The van der Waals surface area contributed by atoms with E-state index < -0.39 is 0 Å². The number of methoxy groups -OCH3 is 1. The van der Waals surface area contributed by atoms with Crippen molar-refractivity contribution in [2.75, 3.05) is 20.3 Å². The fourth-order valence-electron chi connectivity index (χ4n) is 3.37.